The number of fused-ring (bicyclic) bond motifs is 1. The van der Waals surface area contributed by atoms with Crippen molar-refractivity contribution in [3.63, 3.8) is 0 Å². The number of benzene rings is 2. The molecule has 2 aromatic heterocycles. The summed E-state index contributed by atoms with van der Waals surface area (Å²) in [7, 11) is 1.33. The van der Waals surface area contributed by atoms with Gasteiger partial charge >= 0.3 is 0 Å². The summed E-state index contributed by atoms with van der Waals surface area (Å²) in [6, 6.07) is 11.2. The smallest absolute Gasteiger partial charge is 0.254 e. The third-order valence-electron chi connectivity index (χ3n) is 3.93. The molecule has 4 aromatic rings. The lowest BCUT2D eigenvalue weighted by atomic mass is 9.99. The van der Waals surface area contributed by atoms with Crippen LogP contribution in [0.3, 0.4) is 0 Å². The van der Waals surface area contributed by atoms with Gasteiger partial charge in [-0.1, -0.05) is 41.9 Å². The maximum atomic E-state index is 14.7. The molecule has 0 radical (unpaired) electrons. The van der Waals surface area contributed by atoms with E-state index in [2.05, 4.69) is 15.1 Å². The molecule has 0 bridgehead atoms. The van der Waals surface area contributed by atoms with Crippen LogP contribution in [-0.4, -0.2) is 26.7 Å². The lowest BCUT2D eigenvalue weighted by Crippen LogP contribution is -2.04. The topological polar surface area (TPSA) is 52.3 Å². The van der Waals surface area contributed by atoms with Crippen LogP contribution in [0.15, 0.2) is 48.8 Å². The van der Waals surface area contributed by atoms with Crippen LogP contribution in [-0.2, 0) is 0 Å². The zero-order chi connectivity index (χ0) is 18.3. The molecule has 0 N–H and O–H groups in total. The Bertz CT molecular complexity index is 1090. The standard InChI is InChI=1S/C18H11ClF2N4O/c1-26-11-7-12(20)14(13(21)8-11)15-16(10-5-3-2-4-6-10)25-18(22-9-23-25)24-17(15)19/h2-9H,1H3. The molecule has 4 rings (SSSR count). The van der Waals surface area contributed by atoms with Crippen molar-refractivity contribution in [3.05, 3.63) is 65.6 Å². The van der Waals surface area contributed by atoms with Crippen LogP contribution in [0, 0.1) is 11.6 Å². The first-order chi connectivity index (χ1) is 12.6. The molecular weight excluding hydrogens is 362 g/mol. The Morgan fingerprint density at radius 3 is 2.38 bits per heavy atom. The largest absolute Gasteiger partial charge is 0.497 e. The quantitative estimate of drug-likeness (QED) is 0.500. The number of aromatic nitrogens is 4. The van der Waals surface area contributed by atoms with Gasteiger partial charge in [0.2, 0.25) is 0 Å². The number of rotatable bonds is 3. The first-order valence-electron chi connectivity index (χ1n) is 7.58. The molecule has 2 aromatic carbocycles. The molecule has 0 fully saturated rings. The number of hydrogen-bond donors (Lipinski definition) is 0. The van der Waals surface area contributed by atoms with E-state index in [0.717, 1.165) is 12.1 Å². The van der Waals surface area contributed by atoms with E-state index in [9.17, 15) is 8.78 Å². The number of nitrogens with zero attached hydrogens (tertiary/aromatic N) is 4. The molecule has 0 atom stereocenters. The van der Waals surface area contributed by atoms with E-state index < -0.39 is 11.6 Å². The van der Waals surface area contributed by atoms with Crippen LogP contribution in [0.1, 0.15) is 0 Å². The summed E-state index contributed by atoms with van der Waals surface area (Å²) in [4.78, 5) is 8.13. The van der Waals surface area contributed by atoms with Crippen molar-refractivity contribution in [1.82, 2.24) is 19.6 Å². The van der Waals surface area contributed by atoms with Gasteiger partial charge < -0.3 is 4.74 Å². The van der Waals surface area contributed by atoms with Crippen LogP contribution in [0.2, 0.25) is 5.15 Å². The summed E-state index contributed by atoms with van der Waals surface area (Å²) in [5.74, 6) is -1.34. The first-order valence-corrected chi connectivity index (χ1v) is 7.96. The Morgan fingerprint density at radius 2 is 1.73 bits per heavy atom. The average molecular weight is 373 g/mol. The lowest BCUT2D eigenvalue weighted by Gasteiger charge is -2.15. The Labute approximate surface area is 151 Å². The SMILES string of the molecule is COc1cc(F)c(-c2c(Cl)nc3ncnn3c2-c2ccccc2)c(F)c1. The molecule has 5 nitrogen and oxygen atoms in total. The molecule has 0 spiro atoms. The van der Waals surface area contributed by atoms with Gasteiger partial charge in [0.05, 0.1) is 23.9 Å². The summed E-state index contributed by atoms with van der Waals surface area (Å²) in [5.41, 5.74) is 0.839. The van der Waals surface area contributed by atoms with E-state index in [-0.39, 0.29) is 27.8 Å². The molecule has 0 amide bonds. The summed E-state index contributed by atoms with van der Waals surface area (Å²) in [5, 5.41) is 4.05. The molecule has 2 heterocycles. The monoisotopic (exact) mass is 372 g/mol. The predicted octanol–water partition coefficient (Wildman–Crippen LogP) is 4.40. The van der Waals surface area contributed by atoms with Gasteiger partial charge in [-0.25, -0.2) is 8.78 Å². The molecule has 0 unspecified atom stereocenters. The second kappa shape index (κ2) is 6.34. The fourth-order valence-electron chi connectivity index (χ4n) is 2.81. The van der Waals surface area contributed by atoms with Crippen LogP contribution >= 0.6 is 11.6 Å². The van der Waals surface area contributed by atoms with Gasteiger partial charge in [0.15, 0.2) is 0 Å². The summed E-state index contributed by atoms with van der Waals surface area (Å²) >= 11 is 6.31. The third kappa shape index (κ3) is 2.57. The second-order valence-corrected chi connectivity index (χ2v) is 5.79. The molecule has 0 saturated carbocycles. The van der Waals surface area contributed by atoms with Gasteiger partial charge in [-0.2, -0.15) is 19.6 Å². The number of methoxy groups -OCH3 is 1. The van der Waals surface area contributed by atoms with E-state index >= 15 is 0 Å². The molecule has 26 heavy (non-hydrogen) atoms. The Kier molecular flexibility index (Phi) is 4.00. The van der Waals surface area contributed by atoms with Gasteiger partial charge in [0.1, 0.15) is 28.9 Å². The molecule has 0 aliphatic rings. The zero-order valence-corrected chi connectivity index (χ0v) is 14.2. The van der Waals surface area contributed by atoms with E-state index in [1.807, 2.05) is 6.07 Å². The maximum Gasteiger partial charge on any atom is 0.254 e. The summed E-state index contributed by atoms with van der Waals surface area (Å²) < 4.78 is 35.8. The Morgan fingerprint density at radius 1 is 1.04 bits per heavy atom. The third-order valence-corrected chi connectivity index (χ3v) is 4.20. The highest BCUT2D eigenvalue weighted by Crippen LogP contribution is 2.40. The van der Waals surface area contributed by atoms with Crippen molar-refractivity contribution in [1.29, 1.82) is 0 Å². The summed E-state index contributed by atoms with van der Waals surface area (Å²) in [6.45, 7) is 0. The zero-order valence-electron chi connectivity index (χ0n) is 13.4. The highest BCUT2D eigenvalue weighted by molar-refractivity contribution is 6.33. The highest BCUT2D eigenvalue weighted by Gasteiger charge is 2.24. The minimum absolute atomic E-state index is 0.0657. The average Bonchev–Trinajstić information content (AvgIpc) is 3.09. The number of halogens is 3. The highest BCUT2D eigenvalue weighted by atomic mass is 35.5. The molecule has 8 heteroatoms. The van der Waals surface area contributed by atoms with Crippen molar-refractivity contribution < 1.29 is 13.5 Å². The fraction of sp³-hybridized carbons (Fsp3) is 0.0556. The van der Waals surface area contributed by atoms with Crippen LogP contribution in [0.4, 0.5) is 8.78 Å². The molecule has 130 valence electrons. The molecule has 0 saturated heterocycles. The second-order valence-electron chi connectivity index (χ2n) is 5.43. The van der Waals surface area contributed by atoms with Gasteiger partial charge in [-0.15, -0.1) is 0 Å². The van der Waals surface area contributed by atoms with E-state index in [4.69, 9.17) is 16.3 Å². The minimum Gasteiger partial charge on any atom is -0.497 e. The van der Waals surface area contributed by atoms with Crippen molar-refractivity contribution in [2.45, 2.75) is 0 Å². The Balaban J connectivity index is 2.13. The number of ether oxygens (including phenoxy) is 1. The maximum absolute atomic E-state index is 14.7. The van der Waals surface area contributed by atoms with Gasteiger partial charge in [-0.05, 0) is 0 Å². The van der Waals surface area contributed by atoms with Crippen LogP contribution in [0.25, 0.3) is 28.2 Å². The Hall–Kier alpha value is -3.06. The van der Waals surface area contributed by atoms with Crippen LogP contribution < -0.4 is 4.74 Å². The van der Waals surface area contributed by atoms with Crippen molar-refractivity contribution in [3.8, 4) is 28.1 Å². The normalized spacial score (nSPS) is 11.1. The summed E-state index contributed by atoms with van der Waals surface area (Å²) in [6.07, 6.45) is 1.30. The van der Waals surface area contributed by atoms with Crippen molar-refractivity contribution in [2.24, 2.45) is 0 Å². The van der Waals surface area contributed by atoms with Gasteiger partial charge in [0, 0.05) is 17.7 Å². The van der Waals surface area contributed by atoms with Crippen molar-refractivity contribution in [2.75, 3.05) is 7.11 Å². The number of hydrogen-bond acceptors (Lipinski definition) is 4. The predicted molar refractivity (Wildman–Crippen MR) is 93.1 cm³/mol. The van der Waals surface area contributed by atoms with E-state index in [0.29, 0.717) is 11.3 Å². The van der Waals surface area contributed by atoms with Gasteiger partial charge in [0.25, 0.3) is 5.78 Å². The van der Waals surface area contributed by atoms with Crippen molar-refractivity contribution >= 4 is 17.4 Å². The van der Waals surface area contributed by atoms with Gasteiger partial charge in [-0.3, -0.25) is 0 Å². The molecule has 0 aliphatic heterocycles. The first kappa shape index (κ1) is 16.4. The fourth-order valence-corrected chi connectivity index (χ4v) is 3.07. The minimum atomic E-state index is -0.817. The van der Waals surface area contributed by atoms with E-state index in [1.165, 1.54) is 18.0 Å². The molecule has 0 aliphatic carbocycles. The lowest BCUT2D eigenvalue weighted by molar-refractivity contribution is 0.407. The van der Waals surface area contributed by atoms with E-state index in [1.54, 1.807) is 24.3 Å². The molecular formula is C18H11ClF2N4O. The van der Waals surface area contributed by atoms with Crippen LogP contribution in [0.5, 0.6) is 5.75 Å².